The SMILES string of the molecule is CCCCOC(=O)Nc1ccc(-c2cnns2)cc1. The van der Waals surface area contributed by atoms with Crippen molar-refractivity contribution in [2.45, 2.75) is 19.8 Å². The second-order valence-electron chi connectivity index (χ2n) is 3.97. The smallest absolute Gasteiger partial charge is 0.411 e. The summed E-state index contributed by atoms with van der Waals surface area (Å²) in [7, 11) is 0. The molecule has 0 atom stereocenters. The Morgan fingerprint density at radius 3 is 2.79 bits per heavy atom. The zero-order valence-electron chi connectivity index (χ0n) is 10.6. The van der Waals surface area contributed by atoms with Gasteiger partial charge in [0.05, 0.1) is 17.7 Å². The molecule has 2 rings (SSSR count). The molecule has 6 heteroatoms. The van der Waals surface area contributed by atoms with Gasteiger partial charge in [0.2, 0.25) is 0 Å². The first-order chi connectivity index (χ1) is 9.29. The number of benzene rings is 1. The molecule has 1 aromatic heterocycles. The molecule has 0 spiro atoms. The molecule has 0 fully saturated rings. The van der Waals surface area contributed by atoms with Crippen molar-refractivity contribution >= 4 is 23.3 Å². The first-order valence-corrected chi connectivity index (χ1v) is 6.88. The third kappa shape index (κ3) is 4.03. The molecule has 0 radical (unpaired) electrons. The number of hydrogen-bond donors (Lipinski definition) is 1. The Kier molecular flexibility index (Phi) is 4.85. The highest BCUT2D eigenvalue weighted by atomic mass is 32.1. The van der Waals surface area contributed by atoms with Crippen LogP contribution in [0.1, 0.15) is 19.8 Å². The summed E-state index contributed by atoms with van der Waals surface area (Å²) in [5.41, 5.74) is 1.74. The third-order valence-electron chi connectivity index (χ3n) is 2.51. The number of carbonyl (C=O) groups is 1. The van der Waals surface area contributed by atoms with Crippen LogP contribution in [0.15, 0.2) is 30.5 Å². The Balaban J connectivity index is 1.90. The topological polar surface area (TPSA) is 64.1 Å². The van der Waals surface area contributed by atoms with Crippen molar-refractivity contribution in [1.29, 1.82) is 0 Å². The van der Waals surface area contributed by atoms with Gasteiger partial charge in [-0.05, 0) is 35.6 Å². The minimum absolute atomic E-state index is 0.416. The molecule has 0 aliphatic heterocycles. The lowest BCUT2D eigenvalue weighted by Gasteiger charge is -2.06. The van der Waals surface area contributed by atoms with Crippen molar-refractivity contribution in [2.75, 3.05) is 11.9 Å². The Morgan fingerprint density at radius 2 is 2.16 bits per heavy atom. The van der Waals surface area contributed by atoms with Crippen LogP contribution in [0.2, 0.25) is 0 Å². The van der Waals surface area contributed by atoms with Crippen molar-refractivity contribution in [2.24, 2.45) is 0 Å². The second kappa shape index (κ2) is 6.84. The predicted molar refractivity (Wildman–Crippen MR) is 75.2 cm³/mol. The molecule has 1 N–H and O–H groups in total. The molecular weight excluding hydrogens is 262 g/mol. The highest BCUT2D eigenvalue weighted by Crippen LogP contribution is 2.23. The summed E-state index contributed by atoms with van der Waals surface area (Å²) in [5.74, 6) is 0. The molecule has 1 aromatic carbocycles. The quantitative estimate of drug-likeness (QED) is 0.849. The number of aromatic nitrogens is 2. The maximum Gasteiger partial charge on any atom is 0.411 e. The number of amides is 1. The molecule has 19 heavy (non-hydrogen) atoms. The zero-order valence-corrected chi connectivity index (χ0v) is 11.4. The van der Waals surface area contributed by atoms with Gasteiger partial charge < -0.3 is 4.74 Å². The summed E-state index contributed by atoms with van der Waals surface area (Å²) in [4.78, 5) is 12.4. The molecule has 1 amide bonds. The van der Waals surface area contributed by atoms with E-state index in [0.29, 0.717) is 12.3 Å². The minimum atomic E-state index is -0.416. The summed E-state index contributed by atoms with van der Waals surface area (Å²) >= 11 is 1.34. The maximum absolute atomic E-state index is 11.4. The summed E-state index contributed by atoms with van der Waals surface area (Å²) < 4.78 is 8.83. The van der Waals surface area contributed by atoms with Crippen molar-refractivity contribution in [3.05, 3.63) is 30.5 Å². The lowest BCUT2D eigenvalue weighted by molar-refractivity contribution is 0.160. The van der Waals surface area contributed by atoms with Gasteiger partial charge in [0.25, 0.3) is 0 Å². The third-order valence-corrected chi connectivity index (χ3v) is 3.22. The van der Waals surface area contributed by atoms with E-state index in [4.69, 9.17) is 4.74 Å². The number of nitrogens with one attached hydrogen (secondary N) is 1. The van der Waals surface area contributed by atoms with E-state index in [1.165, 1.54) is 11.5 Å². The molecule has 0 unspecified atom stereocenters. The monoisotopic (exact) mass is 277 g/mol. The van der Waals surface area contributed by atoms with Crippen LogP contribution < -0.4 is 5.32 Å². The minimum Gasteiger partial charge on any atom is -0.449 e. The Labute approximate surface area is 115 Å². The highest BCUT2D eigenvalue weighted by Gasteiger charge is 2.04. The van der Waals surface area contributed by atoms with E-state index >= 15 is 0 Å². The van der Waals surface area contributed by atoms with Gasteiger partial charge in [-0.15, -0.1) is 5.10 Å². The van der Waals surface area contributed by atoms with Crippen LogP contribution in [0.3, 0.4) is 0 Å². The van der Waals surface area contributed by atoms with Gasteiger partial charge in [-0.25, -0.2) is 4.79 Å². The number of rotatable bonds is 5. The molecule has 0 aliphatic carbocycles. The number of unbranched alkanes of at least 4 members (excludes halogenated alkanes) is 1. The van der Waals surface area contributed by atoms with E-state index in [1.807, 2.05) is 31.2 Å². The molecule has 0 saturated heterocycles. The standard InChI is InChI=1S/C13H15N3O2S/c1-2-3-8-18-13(17)15-11-6-4-10(5-7-11)12-9-14-16-19-12/h4-7,9H,2-3,8H2,1H3,(H,15,17). The first-order valence-electron chi connectivity index (χ1n) is 6.11. The van der Waals surface area contributed by atoms with Crippen molar-refractivity contribution in [1.82, 2.24) is 9.59 Å². The fourth-order valence-electron chi connectivity index (χ4n) is 1.48. The molecule has 0 saturated carbocycles. The van der Waals surface area contributed by atoms with Gasteiger partial charge in [-0.1, -0.05) is 30.0 Å². The Morgan fingerprint density at radius 1 is 1.37 bits per heavy atom. The van der Waals surface area contributed by atoms with Gasteiger partial charge in [-0.2, -0.15) is 0 Å². The predicted octanol–water partition coefficient (Wildman–Crippen LogP) is 3.55. The largest absolute Gasteiger partial charge is 0.449 e. The summed E-state index contributed by atoms with van der Waals surface area (Å²) in [6, 6.07) is 7.49. The van der Waals surface area contributed by atoms with Crippen LogP contribution in [0.25, 0.3) is 10.4 Å². The number of hydrogen-bond acceptors (Lipinski definition) is 5. The number of ether oxygens (including phenoxy) is 1. The van der Waals surface area contributed by atoms with Crippen LogP contribution in [-0.2, 0) is 4.74 Å². The summed E-state index contributed by atoms with van der Waals surface area (Å²) in [6.07, 6.45) is 3.18. The lowest BCUT2D eigenvalue weighted by atomic mass is 10.2. The maximum atomic E-state index is 11.4. The molecule has 5 nitrogen and oxygen atoms in total. The van der Waals surface area contributed by atoms with Gasteiger partial charge in [0.1, 0.15) is 0 Å². The molecule has 0 aliphatic rings. The van der Waals surface area contributed by atoms with Gasteiger partial charge >= 0.3 is 6.09 Å². The zero-order chi connectivity index (χ0) is 13.5. The van der Waals surface area contributed by atoms with E-state index < -0.39 is 6.09 Å². The van der Waals surface area contributed by atoms with E-state index in [0.717, 1.165) is 23.3 Å². The van der Waals surface area contributed by atoms with Crippen molar-refractivity contribution in [3.63, 3.8) is 0 Å². The van der Waals surface area contributed by atoms with Crippen molar-refractivity contribution in [3.8, 4) is 10.4 Å². The molecular formula is C13H15N3O2S. The van der Waals surface area contributed by atoms with E-state index in [9.17, 15) is 4.79 Å². The van der Waals surface area contributed by atoms with Gasteiger partial charge in [-0.3, -0.25) is 5.32 Å². The first kappa shape index (κ1) is 13.5. The van der Waals surface area contributed by atoms with E-state index in [2.05, 4.69) is 14.9 Å². The average Bonchev–Trinajstić information content (AvgIpc) is 2.94. The summed E-state index contributed by atoms with van der Waals surface area (Å²) in [5, 5.41) is 6.47. The van der Waals surface area contributed by atoms with Crippen LogP contribution in [0.5, 0.6) is 0 Å². The number of nitrogens with zero attached hydrogens (tertiary/aromatic N) is 2. The number of carbonyl (C=O) groups excluding carboxylic acids is 1. The lowest BCUT2D eigenvalue weighted by Crippen LogP contribution is -2.14. The molecule has 1 heterocycles. The highest BCUT2D eigenvalue weighted by molar-refractivity contribution is 7.09. The summed E-state index contributed by atoms with van der Waals surface area (Å²) in [6.45, 7) is 2.50. The van der Waals surface area contributed by atoms with E-state index in [1.54, 1.807) is 6.20 Å². The Hall–Kier alpha value is -1.95. The van der Waals surface area contributed by atoms with Gasteiger partial charge in [0, 0.05) is 5.69 Å². The van der Waals surface area contributed by atoms with Crippen LogP contribution in [-0.4, -0.2) is 22.3 Å². The molecule has 0 bridgehead atoms. The molecule has 100 valence electrons. The molecule has 2 aromatic rings. The van der Waals surface area contributed by atoms with E-state index in [-0.39, 0.29) is 0 Å². The van der Waals surface area contributed by atoms with Crippen LogP contribution in [0, 0.1) is 0 Å². The fourth-order valence-corrected chi connectivity index (χ4v) is 1.99. The normalized spacial score (nSPS) is 10.2. The Bertz CT molecular complexity index is 511. The van der Waals surface area contributed by atoms with Gasteiger partial charge in [0.15, 0.2) is 0 Å². The number of anilines is 1. The fraction of sp³-hybridized carbons (Fsp3) is 0.308. The van der Waals surface area contributed by atoms with Crippen molar-refractivity contribution < 1.29 is 9.53 Å². The second-order valence-corrected chi connectivity index (χ2v) is 4.76. The van der Waals surface area contributed by atoms with Crippen LogP contribution >= 0.6 is 11.5 Å². The average molecular weight is 277 g/mol. The van der Waals surface area contributed by atoms with Crippen LogP contribution in [0.4, 0.5) is 10.5 Å².